The number of hydrogen-bond acceptors (Lipinski definition) is 4. The molecule has 5 heteroatoms. The molecule has 1 aliphatic rings. The largest absolute Gasteiger partial charge is 0.388 e. The smallest absolute Gasteiger partial charge is 0.214 e. The van der Waals surface area contributed by atoms with E-state index >= 15 is 0 Å². The van der Waals surface area contributed by atoms with Crippen LogP contribution in [0.1, 0.15) is 0 Å². The molecule has 0 aliphatic carbocycles. The maximum Gasteiger partial charge on any atom is 0.214 e. The Morgan fingerprint density at radius 3 is 2.93 bits per heavy atom. The first-order chi connectivity index (χ1) is 7.20. The van der Waals surface area contributed by atoms with Crippen molar-refractivity contribution in [2.24, 2.45) is 0 Å². The Hall–Kier alpha value is -1.20. The normalized spacial score (nSPS) is 25.9. The lowest BCUT2D eigenvalue weighted by Crippen LogP contribution is -2.25. The molecule has 0 aromatic carbocycles. The van der Waals surface area contributed by atoms with Crippen LogP contribution in [0.3, 0.4) is 0 Å². The summed E-state index contributed by atoms with van der Waals surface area (Å²) in [6.07, 6.45) is -0.768. The molecule has 2 rings (SSSR count). The number of pyridine rings is 1. The van der Waals surface area contributed by atoms with Crippen LogP contribution in [0, 0.1) is 5.95 Å². The van der Waals surface area contributed by atoms with Gasteiger partial charge in [-0.15, -0.1) is 0 Å². The molecule has 0 bridgehead atoms. The molecule has 1 aromatic rings. The fourth-order valence-corrected chi connectivity index (χ4v) is 1.75. The summed E-state index contributed by atoms with van der Waals surface area (Å²) in [5.74, 6) is 0.0245. The highest BCUT2D eigenvalue weighted by molar-refractivity contribution is 5.40. The minimum absolute atomic E-state index is 0.227. The highest BCUT2D eigenvalue weighted by Gasteiger charge is 2.31. The van der Waals surface area contributed by atoms with Gasteiger partial charge in [0.15, 0.2) is 0 Å². The maximum atomic E-state index is 12.9. The molecule has 0 amide bonds. The number of aliphatic hydroxyl groups is 1. The number of aliphatic hydroxyl groups excluding tert-OH is 1. The van der Waals surface area contributed by atoms with Crippen LogP contribution in [0.2, 0.25) is 0 Å². The van der Waals surface area contributed by atoms with Crippen molar-refractivity contribution in [2.75, 3.05) is 25.1 Å². The van der Waals surface area contributed by atoms with Crippen LogP contribution in [0.15, 0.2) is 18.2 Å². The summed E-state index contributed by atoms with van der Waals surface area (Å²) in [4.78, 5) is 5.56. The molecule has 82 valence electrons. The average Bonchev–Trinajstić information content (AvgIpc) is 2.60. The molecule has 0 radical (unpaired) electrons. The molecule has 4 nitrogen and oxygen atoms in total. The topological polar surface area (TPSA) is 45.6 Å². The second-order valence-electron chi connectivity index (χ2n) is 3.56. The molecular weight excluding hydrogens is 199 g/mol. The van der Waals surface area contributed by atoms with Gasteiger partial charge in [0, 0.05) is 20.2 Å². The van der Waals surface area contributed by atoms with Gasteiger partial charge in [0.25, 0.3) is 0 Å². The van der Waals surface area contributed by atoms with Gasteiger partial charge in [-0.3, -0.25) is 0 Å². The van der Waals surface area contributed by atoms with Crippen molar-refractivity contribution in [3.63, 3.8) is 0 Å². The van der Waals surface area contributed by atoms with Crippen LogP contribution < -0.4 is 4.90 Å². The Labute approximate surface area is 87.3 Å². The summed E-state index contributed by atoms with van der Waals surface area (Å²) in [5, 5.41) is 9.60. The standard InChI is InChI=1S/C10H13FN2O2/c1-15-8-6-13(5-7(8)14)10-4-2-3-9(11)12-10/h2-4,7-8,14H,5-6H2,1H3/t7-,8-/m1/s1. The zero-order valence-corrected chi connectivity index (χ0v) is 8.43. The molecular formula is C10H13FN2O2. The number of ether oxygens (including phenoxy) is 1. The van der Waals surface area contributed by atoms with Gasteiger partial charge >= 0.3 is 0 Å². The summed E-state index contributed by atoms with van der Waals surface area (Å²) in [6.45, 7) is 0.961. The second kappa shape index (κ2) is 4.12. The SMILES string of the molecule is CO[C@@H]1CN(c2cccc(F)n2)C[C@H]1O. The van der Waals surface area contributed by atoms with Crippen molar-refractivity contribution in [3.05, 3.63) is 24.1 Å². The van der Waals surface area contributed by atoms with Crippen molar-refractivity contribution >= 4 is 5.82 Å². The number of nitrogens with zero attached hydrogens (tertiary/aromatic N) is 2. The Kier molecular flexibility index (Phi) is 2.83. The number of halogens is 1. The van der Waals surface area contributed by atoms with Crippen LogP contribution in [0.5, 0.6) is 0 Å². The van der Waals surface area contributed by atoms with Gasteiger partial charge in [0.2, 0.25) is 5.95 Å². The van der Waals surface area contributed by atoms with Crippen molar-refractivity contribution in [2.45, 2.75) is 12.2 Å². The fourth-order valence-electron chi connectivity index (χ4n) is 1.75. The third-order valence-corrected chi connectivity index (χ3v) is 2.56. The van der Waals surface area contributed by atoms with E-state index in [0.29, 0.717) is 18.9 Å². The first kappa shape index (κ1) is 10.3. The molecule has 2 heterocycles. The third kappa shape index (κ3) is 2.08. The van der Waals surface area contributed by atoms with Crippen LogP contribution >= 0.6 is 0 Å². The van der Waals surface area contributed by atoms with Gasteiger partial charge in [0.1, 0.15) is 11.9 Å². The fraction of sp³-hybridized carbons (Fsp3) is 0.500. The van der Waals surface area contributed by atoms with E-state index in [2.05, 4.69) is 4.98 Å². The molecule has 1 aromatic heterocycles. The van der Waals surface area contributed by atoms with Gasteiger partial charge in [-0.1, -0.05) is 6.07 Å². The Balaban J connectivity index is 2.13. The van der Waals surface area contributed by atoms with Crippen LogP contribution in [-0.2, 0) is 4.74 Å². The zero-order chi connectivity index (χ0) is 10.8. The van der Waals surface area contributed by atoms with E-state index < -0.39 is 12.1 Å². The summed E-state index contributed by atoms with van der Waals surface area (Å²) < 4.78 is 18.0. The molecule has 0 spiro atoms. The lowest BCUT2D eigenvalue weighted by atomic mass is 10.3. The molecule has 1 fully saturated rings. The summed E-state index contributed by atoms with van der Waals surface area (Å²) in [6, 6.07) is 4.61. The molecule has 15 heavy (non-hydrogen) atoms. The summed E-state index contributed by atoms with van der Waals surface area (Å²) >= 11 is 0. The number of aromatic nitrogens is 1. The van der Waals surface area contributed by atoms with Gasteiger partial charge in [-0.25, -0.2) is 4.98 Å². The van der Waals surface area contributed by atoms with E-state index in [1.807, 2.05) is 4.90 Å². The minimum atomic E-state index is -0.542. The van der Waals surface area contributed by atoms with E-state index in [0.717, 1.165) is 0 Å². The quantitative estimate of drug-likeness (QED) is 0.721. The Morgan fingerprint density at radius 1 is 1.53 bits per heavy atom. The number of β-amino-alcohol motifs (C(OH)–C–C–N with tert-alkyl or cyclic N) is 1. The lowest BCUT2D eigenvalue weighted by Gasteiger charge is -2.16. The third-order valence-electron chi connectivity index (χ3n) is 2.56. The molecule has 1 saturated heterocycles. The van der Waals surface area contributed by atoms with E-state index in [1.54, 1.807) is 19.2 Å². The molecule has 1 aliphatic heterocycles. The first-order valence-electron chi connectivity index (χ1n) is 4.79. The minimum Gasteiger partial charge on any atom is -0.388 e. The number of rotatable bonds is 2. The van der Waals surface area contributed by atoms with Crippen molar-refractivity contribution in [3.8, 4) is 0 Å². The van der Waals surface area contributed by atoms with Crippen LogP contribution in [-0.4, -0.2) is 42.5 Å². The predicted molar refractivity (Wildman–Crippen MR) is 53.2 cm³/mol. The molecule has 0 unspecified atom stereocenters. The van der Waals surface area contributed by atoms with Crippen LogP contribution in [0.25, 0.3) is 0 Å². The predicted octanol–water partition coefficient (Wildman–Crippen LogP) is 0.417. The number of anilines is 1. The average molecular weight is 212 g/mol. The summed E-state index contributed by atoms with van der Waals surface area (Å²) in [7, 11) is 1.55. The molecule has 1 N–H and O–H groups in total. The number of hydrogen-bond donors (Lipinski definition) is 1. The van der Waals surface area contributed by atoms with Crippen LogP contribution in [0.4, 0.5) is 10.2 Å². The highest BCUT2D eigenvalue weighted by Crippen LogP contribution is 2.19. The Bertz CT molecular complexity index is 348. The van der Waals surface area contributed by atoms with E-state index in [4.69, 9.17) is 4.74 Å². The highest BCUT2D eigenvalue weighted by atomic mass is 19.1. The summed E-state index contributed by atoms with van der Waals surface area (Å²) in [5.41, 5.74) is 0. The van der Waals surface area contributed by atoms with Gasteiger partial charge in [-0.2, -0.15) is 4.39 Å². The molecule has 0 saturated carbocycles. The van der Waals surface area contributed by atoms with E-state index in [-0.39, 0.29) is 6.10 Å². The van der Waals surface area contributed by atoms with Gasteiger partial charge < -0.3 is 14.7 Å². The van der Waals surface area contributed by atoms with E-state index in [9.17, 15) is 9.50 Å². The monoisotopic (exact) mass is 212 g/mol. The number of methoxy groups -OCH3 is 1. The molecule has 2 atom stereocenters. The Morgan fingerprint density at radius 2 is 2.33 bits per heavy atom. The van der Waals surface area contributed by atoms with Gasteiger partial charge in [-0.05, 0) is 12.1 Å². The second-order valence-corrected chi connectivity index (χ2v) is 3.56. The van der Waals surface area contributed by atoms with Crippen molar-refractivity contribution < 1.29 is 14.2 Å². The lowest BCUT2D eigenvalue weighted by molar-refractivity contribution is 0.0217. The van der Waals surface area contributed by atoms with E-state index in [1.165, 1.54) is 6.07 Å². The first-order valence-corrected chi connectivity index (χ1v) is 4.79. The van der Waals surface area contributed by atoms with Crippen molar-refractivity contribution in [1.29, 1.82) is 0 Å². The van der Waals surface area contributed by atoms with Gasteiger partial charge in [0.05, 0.1) is 6.10 Å². The zero-order valence-electron chi connectivity index (χ0n) is 8.43. The maximum absolute atomic E-state index is 12.9. The van der Waals surface area contributed by atoms with Crippen molar-refractivity contribution in [1.82, 2.24) is 4.98 Å².